The van der Waals surface area contributed by atoms with Gasteiger partial charge in [0, 0.05) is 20.1 Å². The summed E-state index contributed by atoms with van der Waals surface area (Å²) in [5.41, 5.74) is 5.98. The third-order valence-corrected chi connectivity index (χ3v) is 2.71. The van der Waals surface area contributed by atoms with Gasteiger partial charge in [-0.15, -0.1) is 0 Å². The van der Waals surface area contributed by atoms with Crippen molar-refractivity contribution >= 4 is 17.4 Å². The van der Waals surface area contributed by atoms with Gasteiger partial charge in [-0.1, -0.05) is 22.8 Å². The summed E-state index contributed by atoms with van der Waals surface area (Å²) in [7, 11) is 1.63. The molecule has 18 heavy (non-hydrogen) atoms. The Morgan fingerprint density at radius 2 is 2.28 bits per heavy atom. The van der Waals surface area contributed by atoms with E-state index in [0.717, 1.165) is 6.42 Å². The van der Waals surface area contributed by atoms with E-state index in [0.29, 0.717) is 22.9 Å². The minimum absolute atomic E-state index is 0.0614. The largest absolute Gasteiger partial charge is 0.490 e. The second kappa shape index (κ2) is 7.08. The van der Waals surface area contributed by atoms with Crippen molar-refractivity contribution in [3.8, 4) is 5.75 Å². The second-order valence-electron chi connectivity index (χ2n) is 3.81. The molecule has 1 unspecified atom stereocenters. The maximum atomic E-state index is 8.74. The van der Waals surface area contributed by atoms with Gasteiger partial charge in [0.1, 0.15) is 5.75 Å². The maximum absolute atomic E-state index is 8.74. The van der Waals surface area contributed by atoms with Crippen LogP contribution in [0.2, 0.25) is 5.02 Å². The van der Waals surface area contributed by atoms with Gasteiger partial charge in [-0.25, -0.2) is 0 Å². The molecular weight excluding hydrogens is 256 g/mol. The highest BCUT2D eigenvalue weighted by Gasteiger charge is 2.15. The summed E-state index contributed by atoms with van der Waals surface area (Å²) < 4.78 is 10.7. The molecule has 0 aliphatic heterocycles. The van der Waals surface area contributed by atoms with Crippen LogP contribution in [0.4, 0.5) is 0 Å². The highest BCUT2D eigenvalue weighted by Crippen LogP contribution is 2.27. The van der Waals surface area contributed by atoms with E-state index in [-0.39, 0.29) is 11.9 Å². The van der Waals surface area contributed by atoms with E-state index in [1.807, 2.05) is 6.92 Å². The number of oxime groups is 1. The molecule has 0 heterocycles. The van der Waals surface area contributed by atoms with Crippen molar-refractivity contribution in [1.82, 2.24) is 0 Å². The minimum atomic E-state index is -0.0745. The summed E-state index contributed by atoms with van der Waals surface area (Å²) in [4.78, 5) is 0. The van der Waals surface area contributed by atoms with Gasteiger partial charge >= 0.3 is 0 Å². The molecule has 1 rings (SSSR count). The lowest BCUT2D eigenvalue weighted by molar-refractivity contribution is 0.135. The molecule has 0 aliphatic carbocycles. The van der Waals surface area contributed by atoms with Gasteiger partial charge in [-0.05, 0) is 19.1 Å². The summed E-state index contributed by atoms with van der Waals surface area (Å²) in [6.45, 7) is 2.51. The van der Waals surface area contributed by atoms with E-state index < -0.39 is 0 Å². The Morgan fingerprint density at radius 1 is 1.56 bits per heavy atom. The molecule has 0 spiro atoms. The molecule has 1 aromatic carbocycles. The number of halogens is 1. The minimum Gasteiger partial charge on any atom is -0.490 e. The SMILES string of the molecule is COCCC(C)Oc1cccc(Cl)c1/C(N)=N/O. The van der Waals surface area contributed by atoms with Crippen LogP contribution in [0.15, 0.2) is 23.4 Å². The van der Waals surface area contributed by atoms with Crippen molar-refractivity contribution in [1.29, 1.82) is 0 Å². The number of amidine groups is 1. The fourth-order valence-corrected chi connectivity index (χ4v) is 1.72. The van der Waals surface area contributed by atoms with Crippen LogP contribution in [0.5, 0.6) is 5.75 Å². The molecule has 0 aliphatic rings. The van der Waals surface area contributed by atoms with Crippen molar-refractivity contribution in [3.05, 3.63) is 28.8 Å². The molecule has 0 saturated carbocycles. The van der Waals surface area contributed by atoms with Crippen molar-refractivity contribution < 1.29 is 14.7 Å². The third kappa shape index (κ3) is 3.78. The predicted molar refractivity (Wildman–Crippen MR) is 70.5 cm³/mol. The molecule has 0 amide bonds. The van der Waals surface area contributed by atoms with Gasteiger partial charge in [0.15, 0.2) is 5.84 Å². The maximum Gasteiger partial charge on any atom is 0.175 e. The fraction of sp³-hybridized carbons (Fsp3) is 0.417. The molecule has 0 bridgehead atoms. The Labute approximate surface area is 111 Å². The molecule has 0 fully saturated rings. The van der Waals surface area contributed by atoms with Gasteiger partial charge in [-0.3, -0.25) is 0 Å². The number of methoxy groups -OCH3 is 1. The Bertz CT molecular complexity index is 424. The van der Waals surface area contributed by atoms with Gasteiger partial charge in [0.05, 0.1) is 16.7 Å². The Kier molecular flexibility index (Phi) is 5.74. The molecule has 1 aromatic rings. The van der Waals surface area contributed by atoms with Crippen LogP contribution >= 0.6 is 11.6 Å². The average molecular weight is 273 g/mol. The summed E-state index contributed by atoms with van der Waals surface area (Å²) in [6.07, 6.45) is 0.673. The zero-order chi connectivity index (χ0) is 13.5. The monoisotopic (exact) mass is 272 g/mol. The molecule has 0 aromatic heterocycles. The smallest absolute Gasteiger partial charge is 0.175 e. The lowest BCUT2D eigenvalue weighted by Crippen LogP contribution is -2.19. The number of hydrogen-bond acceptors (Lipinski definition) is 4. The van der Waals surface area contributed by atoms with Crippen molar-refractivity contribution in [2.45, 2.75) is 19.4 Å². The number of nitrogens with two attached hydrogens (primary N) is 1. The highest BCUT2D eigenvalue weighted by atomic mass is 35.5. The number of hydrogen-bond donors (Lipinski definition) is 2. The van der Waals surface area contributed by atoms with Crippen LogP contribution in [-0.4, -0.2) is 30.9 Å². The first kappa shape index (κ1) is 14.6. The van der Waals surface area contributed by atoms with E-state index in [1.54, 1.807) is 25.3 Å². The summed E-state index contributed by atoms with van der Waals surface area (Å²) in [5, 5.41) is 12.1. The zero-order valence-corrected chi connectivity index (χ0v) is 11.1. The van der Waals surface area contributed by atoms with E-state index in [1.165, 1.54) is 0 Å². The van der Waals surface area contributed by atoms with Crippen LogP contribution in [-0.2, 0) is 4.74 Å². The van der Waals surface area contributed by atoms with Gasteiger partial charge < -0.3 is 20.4 Å². The van der Waals surface area contributed by atoms with Crippen molar-refractivity contribution in [3.63, 3.8) is 0 Å². The molecule has 6 heteroatoms. The van der Waals surface area contributed by atoms with Crippen LogP contribution in [0.3, 0.4) is 0 Å². The van der Waals surface area contributed by atoms with E-state index in [4.69, 9.17) is 32.0 Å². The number of ether oxygens (including phenoxy) is 2. The van der Waals surface area contributed by atoms with Crippen LogP contribution in [0.25, 0.3) is 0 Å². The second-order valence-corrected chi connectivity index (χ2v) is 4.22. The van der Waals surface area contributed by atoms with Crippen LogP contribution < -0.4 is 10.5 Å². The summed E-state index contributed by atoms with van der Waals surface area (Å²) in [5.74, 6) is 0.413. The third-order valence-electron chi connectivity index (χ3n) is 2.40. The Hall–Kier alpha value is -1.46. The normalized spacial score (nSPS) is 13.4. The predicted octanol–water partition coefficient (Wildman–Crippen LogP) is 2.24. The summed E-state index contributed by atoms with van der Waals surface area (Å²) >= 11 is 6.01. The molecule has 0 radical (unpaired) electrons. The highest BCUT2D eigenvalue weighted by molar-refractivity contribution is 6.34. The van der Waals surface area contributed by atoms with Gasteiger partial charge in [0.25, 0.3) is 0 Å². The quantitative estimate of drug-likeness (QED) is 0.360. The first-order valence-corrected chi connectivity index (χ1v) is 5.90. The molecule has 0 saturated heterocycles. The average Bonchev–Trinajstić information content (AvgIpc) is 2.35. The molecule has 3 N–H and O–H groups in total. The van der Waals surface area contributed by atoms with E-state index >= 15 is 0 Å². The van der Waals surface area contributed by atoms with Crippen LogP contribution in [0.1, 0.15) is 18.9 Å². The Balaban J connectivity index is 2.91. The van der Waals surface area contributed by atoms with Gasteiger partial charge in [0.2, 0.25) is 0 Å². The number of nitrogens with zero attached hydrogens (tertiary/aromatic N) is 1. The molecule has 5 nitrogen and oxygen atoms in total. The zero-order valence-electron chi connectivity index (χ0n) is 10.4. The molecular formula is C12H17ClN2O3. The lowest BCUT2D eigenvalue weighted by atomic mass is 10.1. The van der Waals surface area contributed by atoms with Crippen molar-refractivity contribution in [2.75, 3.05) is 13.7 Å². The number of rotatable bonds is 6. The topological polar surface area (TPSA) is 77.1 Å². The standard InChI is InChI=1S/C12H17ClN2O3/c1-8(6-7-17-2)18-10-5-3-4-9(13)11(10)12(14)15-16/h3-5,8,16H,6-7H2,1-2H3,(H2,14,15). The Morgan fingerprint density at radius 3 is 2.89 bits per heavy atom. The van der Waals surface area contributed by atoms with E-state index in [2.05, 4.69) is 5.16 Å². The lowest BCUT2D eigenvalue weighted by Gasteiger charge is -2.17. The fourth-order valence-electron chi connectivity index (χ4n) is 1.46. The van der Waals surface area contributed by atoms with Gasteiger partial charge in [-0.2, -0.15) is 0 Å². The van der Waals surface area contributed by atoms with Crippen molar-refractivity contribution in [2.24, 2.45) is 10.9 Å². The molecule has 1 atom stereocenters. The first-order valence-electron chi connectivity index (χ1n) is 5.52. The summed E-state index contributed by atoms with van der Waals surface area (Å²) in [6, 6.07) is 5.12. The molecule has 100 valence electrons. The van der Waals surface area contributed by atoms with E-state index in [9.17, 15) is 0 Å². The first-order chi connectivity index (χ1) is 8.60. The number of benzene rings is 1. The van der Waals surface area contributed by atoms with Crippen LogP contribution in [0, 0.1) is 0 Å².